The zero-order valence-electron chi connectivity index (χ0n) is 15.1. The number of urea groups is 1. The van der Waals surface area contributed by atoms with Gasteiger partial charge in [-0.15, -0.1) is 0 Å². The van der Waals surface area contributed by atoms with Gasteiger partial charge in [0, 0.05) is 24.3 Å². The van der Waals surface area contributed by atoms with E-state index in [9.17, 15) is 9.90 Å². The van der Waals surface area contributed by atoms with Crippen LogP contribution in [0.3, 0.4) is 0 Å². The largest absolute Gasteiger partial charge is 0.508 e. The summed E-state index contributed by atoms with van der Waals surface area (Å²) >= 11 is 0. The Kier molecular flexibility index (Phi) is 5.16. The van der Waals surface area contributed by atoms with Gasteiger partial charge in [-0.2, -0.15) is 0 Å². The van der Waals surface area contributed by atoms with Gasteiger partial charge in [-0.25, -0.2) is 4.79 Å². The molecular weight excluding hydrogens is 344 g/mol. The Hall–Kier alpha value is -2.73. The van der Waals surface area contributed by atoms with Gasteiger partial charge in [0.05, 0.1) is 18.7 Å². The van der Waals surface area contributed by atoms with Gasteiger partial charge in [0.2, 0.25) is 0 Å². The molecule has 0 radical (unpaired) electrons. The van der Waals surface area contributed by atoms with Crippen molar-refractivity contribution < 1.29 is 19.4 Å². The van der Waals surface area contributed by atoms with Crippen LogP contribution in [-0.4, -0.2) is 41.9 Å². The van der Waals surface area contributed by atoms with Gasteiger partial charge in [0.15, 0.2) is 0 Å². The van der Waals surface area contributed by atoms with Gasteiger partial charge >= 0.3 is 6.03 Å². The summed E-state index contributed by atoms with van der Waals surface area (Å²) < 4.78 is 11.4. The normalized spacial score (nSPS) is 20.7. The van der Waals surface area contributed by atoms with E-state index >= 15 is 0 Å². The molecule has 142 valence electrons. The second-order valence-electron chi connectivity index (χ2n) is 7.00. The lowest BCUT2D eigenvalue weighted by molar-refractivity contribution is 0.0785. The number of rotatable bonds is 5. The minimum absolute atomic E-state index is 0.0359. The van der Waals surface area contributed by atoms with Crippen LogP contribution in [0.4, 0.5) is 4.79 Å². The number of hydrogen-bond donors (Lipinski definition) is 2. The lowest BCUT2D eigenvalue weighted by atomic mass is 10.1. The summed E-state index contributed by atoms with van der Waals surface area (Å²) in [6, 6.07) is 14.5. The molecule has 2 aliphatic rings. The standard InChI is InChI=1S/C21H24N2O4/c24-19-9-3-1-6-15(19)12-23(13-16-7-5-11-26-16)21(25)22-18-14-27-20-10-4-2-8-17(18)20/h1-4,6,8-10,16,18,24H,5,7,11-14H2,(H,22,25)/t16-,18-/m0/s1. The van der Waals surface area contributed by atoms with Crippen molar-refractivity contribution in [3.8, 4) is 11.5 Å². The molecule has 6 nitrogen and oxygen atoms in total. The number of nitrogens with zero attached hydrogens (tertiary/aromatic N) is 1. The second-order valence-corrected chi connectivity index (χ2v) is 7.00. The van der Waals surface area contributed by atoms with E-state index in [1.807, 2.05) is 36.4 Å². The van der Waals surface area contributed by atoms with Crippen molar-refractivity contribution in [3.63, 3.8) is 0 Å². The number of amides is 2. The number of fused-ring (bicyclic) bond motifs is 1. The highest BCUT2D eigenvalue weighted by Crippen LogP contribution is 2.32. The predicted molar refractivity (Wildman–Crippen MR) is 101 cm³/mol. The van der Waals surface area contributed by atoms with Crippen molar-refractivity contribution in [3.05, 3.63) is 59.7 Å². The van der Waals surface area contributed by atoms with E-state index in [1.54, 1.807) is 17.0 Å². The Morgan fingerprint density at radius 3 is 2.81 bits per heavy atom. The summed E-state index contributed by atoms with van der Waals surface area (Å²) in [7, 11) is 0. The van der Waals surface area contributed by atoms with Crippen LogP contribution in [0.5, 0.6) is 11.5 Å². The number of hydrogen-bond acceptors (Lipinski definition) is 4. The molecular formula is C21H24N2O4. The first-order chi connectivity index (χ1) is 13.2. The highest BCUT2D eigenvalue weighted by molar-refractivity contribution is 5.75. The summed E-state index contributed by atoms with van der Waals surface area (Å²) in [6.07, 6.45) is 1.99. The topological polar surface area (TPSA) is 71.0 Å². The summed E-state index contributed by atoms with van der Waals surface area (Å²) in [5.74, 6) is 1.01. The van der Waals surface area contributed by atoms with Crippen LogP contribution in [0.15, 0.2) is 48.5 Å². The number of nitrogens with one attached hydrogen (secondary N) is 1. The first kappa shape index (κ1) is 17.7. The van der Waals surface area contributed by atoms with Gasteiger partial charge in [-0.3, -0.25) is 0 Å². The Bertz CT molecular complexity index is 804. The summed E-state index contributed by atoms with van der Waals surface area (Å²) in [6.45, 7) is 1.99. The van der Waals surface area contributed by atoms with Crippen molar-refractivity contribution in [1.82, 2.24) is 10.2 Å². The number of carbonyl (C=O) groups excluding carboxylic acids is 1. The van der Waals surface area contributed by atoms with Crippen LogP contribution >= 0.6 is 0 Å². The molecule has 1 saturated heterocycles. The third-order valence-electron chi connectivity index (χ3n) is 5.09. The maximum atomic E-state index is 13.0. The molecule has 6 heteroatoms. The fourth-order valence-corrected chi connectivity index (χ4v) is 3.63. The Balaban J connectivity index is 1.49. The molecule has 0 bridgehead atoms. The van der Waals surface area contributed by atoms with Crippen molar-refractivity contribution in [2.45, 2.75) is 31.5 Å². The molecule has 0 spiro atoms. The molecule has 2 atom stereocenters. The number of phenolic OH excluding ortho intramolecular Hbond substituents is 1. The lowest BCUT2D eigenvalue weighted by Crippen LogP contribution is -2.44. The molecule has 2 amide bonds. The van der Waals surface area contributed by atoms with Gasteiger partial charge in [-0.05, 0) is 25.0 Å². The van der Waals surface area contributed by atoms with E-state index in [-0.39, 0.29) is 23.9 Å². The molecule has 2 aromatic rings. The second kappa shape index (κ2) is 7.88. The molecule has 2 heterocycles. The summed E-state index contributed by atoms with van der Waals surface area (Å²) in [4.78, 5) is 14.7. The van der Waals surface area contributed by atoms with Crippen LogP contribution in [0.1, 0.15) is 30.0 Å². The Labute approximate surface area is 158 Å². The van der Waals surface area contributed by atoms with Crippen molar-refractivity contribution in [1.29, 1.82) is 0 Å². The maximum Gasteiger partial charge on any atom is 0.318 e. The number of aromatic hydroxyl groups is 1. The van der Waals surface area contributed by atoms with Gasteiger partial charge in [0.1, 0.15) is 18.1 Å². The maximum absolute atomic E-state index is 13.0. The van der Waals surface area contributed by atoms with Gasteiger partial charge < -0.3 is 24.8 Å². The molecule has 2 aromatic carbocycles. The molecule has 0 unspecified atom stereocenters. The third-order valence-corrected chi connectivity index (χ3v) is 5.09. The number of phenols is 1. The molecule has 0 aliphatic carbocycles. The minimum atomic E-state index is -0.181. The van der Waals surface area contributed by atoms with Gasteiger partial charge in [-0.1, -0.05) is 36.4 Å². The smallest absolute Gasteiger partial charge is 0.318 e. The first-order valence-corrected chi connectivity index (χ1v) is 9.36. The van der Waals surface area contributed by atoms with E-state index in [1.165, 1.54) is 0 Å². The molecule has 0 saturated carbocycles. The number of carbonyl (C=O) groups is 1. The third kappa shape index (κ3) is 4.01. The number of benzene rings is 2. The quantitative estimate of drug-likeness (QED) is 0.850. The SMILES string of the molecule is O=C(N[C@H]1COc2ccccc21)N(Cc1ccccc1O)C[C@@H]1CCCO1. The van der Waals surface area contributed by atoms with Crippen molar-refractivity contribution in [2.75, 3.05) is 19.8 Å². The molecule has 2 aliphatic heterocycles. The minimum Gasteiger partial charge on any atom is -0.508 e. The number of ether oxygens (including phenoxy) is 2. The van der Waals surface area contributed by atoms with Gasteiger partial charge in [0.25, 0.3) is 0 Å². The Morgan fingerprint density at radius 1 is 1.19 bits per heavy atom. The van der Waals surface area contributed by atoms with E-state index in [0.717, 1.165) is 30.8 Å². The van der Waals surface area contributed by atoms with E-state index in [0.29, 0.717) is 25.3 Å². The monoisotopic (exact) mass is 368 g/mol. The lowest BCUT2D eigenvalue weighted by Gasteiger charge is -2.27. The van der Waals surface area contributed by atoms with E-state index in [4.69, 9.17) is 9.47 Å². The van der Waals surface area contributed by atoms with E-state index in [2.05, 4.69) is 5.32 Å². The fourth-order valence-electron chi connectivity index (χ4n) is 3.63. The summed E-state index contributed by atoms with van der Waals surface area (Å²) in [5, 5.41) is 13.2. The van der Waals surface area contributed by atoms with Crippen LogP contribution < -0.4 is 10.1 Å². The van der Waals surface area contributed by atoms with Crippen LogP contribution in [0.2, 0.25) is 0 Å². The first-order valence-electron chi connectivity index (χ1n) is 9.36. The van der Waals surface area contributed by atoms with Crippen LogP contribution in [0.25, 0.3) is 0 Å². The van der Waals surface area contributed by atoms with Crippen molar-refractivity contribution in [2.24, 2.45) is 0 Å². The zero-order chi connectivity index (χ0) is 18.6. The molecule has 1 fully saturated rings. The average Bonchev–Trinajstić information content (AvgIpc) is 3.33. The zero-order valence-corrected chi connectivity index (χ0v) is 15.1. The molecule has 0 aromatic heterocycles. The molecule has 27 heavy (non-hydrogen) atoms. The van der Waals surface area contributed by atoms with Crippen LogP contribution in [-0.2, 0) is 11.3 Å². The fraction of sp³-hybridized carbons (Fsp3) is 0.381. The highest BCUT2D eigenvalue weighted by Gasteiger charge is 2.29. The molecule has 4 rings (SSSR count). The van der Waals surface area contributed by atoms with Crippen molar-refractivity contribution >= 4 is 6.03 Å². The Morgan fingerprint density at radius 2 is 2.00 bits per heavy atom. The molecule has 2 N–H and O–H groups in total. The predicted octanol–water partition coefficient (Wildman–Crippen LogP) is 3.22. The summed E-state index contributed by atoms with van der Waals surface area (Å²) in [5.41, 5.74) is 1.71. The highest BCUT2D eigenvalue weighted by atomic mass is 16.5. The average molecular weight is 368 g/mol. The van der Waals surface area contributed by atoms with Crippen LogP contribution in [0, 0.1) is 0 Å². The number of para-hydroxylation sites is 2. The van der Waals surface area contributed by atoms with E-state index < -0.39 is 0 Å².